The van der Waals surface area contributed by atoms with E-state index in [4.69, 9.17) is 4.74 Å². The second-order valence-electron chi connectivity index (χ2n) is 11.6. The molecule has 4 nitrogen and oxygen atoms in total. The summed E-state index contributed by atoms with van der Waals surface area (Å²) < 4.78 is 65.4. The third kappa shape index (κ3) is 5.31. The molecule has 2 saturated heterocycles. The van der Waals surface area contributed by atoms with Gasteiger partial charge in [0.05, 0.1) is 12.6 Å². The Morgan fingerprint density at radius 3 is 2.45 bits per heavy atom. The third-order valence-corrected chi connectivity index (χ3v) is 8.78. The van der Waals surface area contributed by atoms with Gasteiger partial charge in [0.15, 0.2) is 0 Å². The summed E-state index contributed by atoms with van der Waals surface area (Å²) in [7, 11) is 0. The fourth-order valence-corrected chi connectivity index (χ4v) is 6.70. The van der Waals surface area contributed by atoms with Crippen LogP contribution < -0.4 is 15.0 Å². The molecule has 1 unspecified atom stereocenters. The summed E-state index contributed by atoms with van der Waals surface area (Å²) in [6.07, 6.45) is -0.0785. The van der Waals surface area contributed by atoms with Crippen LogP contribution >= 0.6 is 0 Å². The van der Waals surface area contributed by atoms with Crippen molar-refractivity contribution in [3.8, 4) is 5.75 Å². The molecule has 3 aromatic carbocycles. The third-order valence-electron chi connectivity index (χ3n) is 8.78. The average Bonchev–Trinajstić information content (AvgIpc) is 2.92. The van der Waals surface area contributed by atoms with E-state index in [9.17, 15) is 8.78 Å². The van der Waals surface area contributed by atoms with Crippen LogP contribution in [0.1, 0.15) is 48.1 Å². The summed E-state index contributed by atoms with van der Waals surface area (Å²) in [5.74, 6) is -0.762. The maximum atomic E-state index is 15.9. The highest BCUT2D eigenvalue weighted by Gasteiger charge is 2.42. The van der Waals surface area contributed by atoms with Gasteiger partial charge in [-0.1, -0.05) is 36.4 Å². The lowest BCUT2D eigenvalue weighted by molar-refractivity contribution is 0.0444. The molecule has 3 aromatic rings. The van der Waals surface area contributed by atoms with Gasteiger partial charge in [0.2, 0.25) is 0 Å². The van der Waals surface area contributed by atoms with Gasteiger partial charge in [-0.15, -0.1) is 0 Å². The molecule has 0 aromatic heterocycles. The van der Waals surface area contributed by atoms with Gasteiger partial charge in [0.1, 0.15) is 24.0 Å². The first kappa shape index (κ1) is 27.1. The lowest BCUT2D eigenvalue weighted by Crippen LogP contribution is -2.61. The number of alkyl halides is 2. The van der Waals surface area contributed by atoms with Crippen LogP contribution in [0.3, 0.4) is 0 Å². The summed E-state index contributed by atoms with van der Waals surface area (Å²) >= 11 is 0. The fourth-order valence-electron chi connectivity index (χ4n) is 6.70. The van der Waals surface area contributed by atoms with E-state index >= 15 is 8.78 Å². The van der Waals surface area contributed by atoms with Crippen molar-refractivity contribution in [2.24, 2.45) is 5.41 Å². The van der Waals surface area contributed by atoms with E-state index in [1.807, 2.05) is 43.3 Å². The SMILES string of the molecule is C[C@@H]1Cc2cc(OCc3ccccc3)ccc2C(c2c(F)cc(N3CCCC4(CNC4)C3)cc2F)N1CC(F)F. The number of ether oxygens (including phenoxy) is 1. The van der Waals surface area contributed by atoms with Crippen LogP contribution in [0, 0.1) is 17.0 Å². The van der Waals surface area contributed by atoms with Crippen LogP contribution in [-0.2, 0) is 13.0 Å². The van der Waals surface area contributed by atoms with E-state index in [2.05, 4.69) is 10.2 Å². The highest BCUT2D eigenvalue weighted by molar-refractivity contribution is 5.53. The van der Waals surface area contributed by atoms with Crippen LogP contribution in [0.2, 0.25) is 0 Å². The number of anilines is 1. The van der Waals surface area contributed by atoms with Gasteiger partial charge in [-0.05, 0) is 67.1 Å². The number of halogens is 4. The number of piperidine rings is 1. The number of rotatable bonds is 7. The molecule has 2 fully saturated rings. The second-order valence-corrected chi connectivity index (χ2v) is 11.6. The number of hydrogen-bond donors (Lipinski definition) is 1. The van der Waals surface area contributed by atoms with E-state index in [-0.39, 0.29) is 17.0 Å². The minimum atomic E-state index is -2.63. The predicted octanol–water partition coefficient (Wildman–Crippen LogP) is 6.33. The molecule has 0 aliphatic carbocycles. The molecule has 40 heavy (non-hydrogen) atoms. The topological polar surface area (TPSA) is 27.7 Å². The second kappa shape index (κ2) is 11.1. The normalized spacial score (nSPS) is 22.3. The smallest absolute Gasteiger partial charge is 0.251 e. The van der Waals surface area contributed by atoms with Gasteiger partial charge in [-0.3, -0.25) is 4.90 Å². The fraction of sp³-hybridized carbons (Fsp3) is 0.438. The van der Waals surface area contributed by atoms with Gasteiger partial charge in [0.25, 0.3) is 6.43 Å². The summed E-state index contributed by atoms with van der Waals surface area (Å²) in [5.41, 5.74) is 3.01. The van der Waals surface area contributed by atoms with Gasteiger partial charge < -0.3 is 15.0 Å². The number of nitrogens with zero attached hydrogens (tertiary/aromatic N) is 2. The Hall–Kier alpha value is -3.10. The summed E-state index contributed by atoms with van der Waals surface area (Å²) in [5, 5.41) is 3.32. The van der Waals surface area contributed by atoms with Crippen molar-refractivity contribution in [1.29, 1.82) is 0 Å². The molecule has 3 aliphatic rings. The number of nitrogens with one attached hydrogen (secondary N) is 1. The zero-order valence-corrected chi connectivity index (χ0v) is 22.7. The highest BCUT2D eigenvalue weighted by Crippen LogP contribution is 2.43. The Morgan fingerprint density at radius 1 is 1.02 bits per heavy atom. The van der Waals surface area contributed by atoms with E-state index in [0.29, 0.717) is 30.0 Å². The van der Waals surface area contributed by atoms with Crippen molar-refractivity contribution in [3.05, 3.63) is 94.6 Å². The van der Waals surface area contributed by atoms with Crippen molar-refractivity contribution in [2.75, 3.05) is 37.6 Å². The monoisotopic (exact) mass is 553 g/mol. The van der Waals surface area contributed by atoms with Crippen LogP contribution in [0.4, 0.5) is 23.2 Å². The number of fused-ring (bicyclic) bond motifs is 1. The first-order valence-corrected chi connectivity index (χ1v) is 14.1. The molecule has 3 aliphatic heterocycles. The minimum absolute atomic E-state index is 0.163. The van der Waals surface area contributed by atoms with Crippen LogP contribution in [0.25, 0.3) is 0 Å². The Morgan fingerprint density at radius 2 is 1.77 bits per heavy atom. The van der Waals surface area contributed by atoms with Gasteiger partial charge in [0, 0.05) is 48.9 Å². The van der Waals surface area contributed by atoms with Crippen LogP contribution in [0.15, 0.2) is 60.7 Å². The highest BCUT2D eigenvalue weighted by atomic mass is 19.3. The van der Waals surface area contributed by atoms with Gasteiger partial charge >= 0.3 is 0 Å². The zero-order chi connectivity index (χ0) is 27.9. The molecule has 212 valence electrons. The molecule has 1 spiro atoms. The Labute approximate surface area is 232 Å². The van der Waals surface area contributed by atoms with Gasteiger partial charge in [-0.2, -0.15) is 0 Å². The van der Waals surface area contributed by atoms with Crippen molar-refractivity contribution in [2.45, 2.75) is 51.3 Å². The minimum Gasteiger partial charge on any atom is -0.489 e. The molecule has 0 amide bonds. The molecular formula is C32H35F4N3O. The van der Waals surface area contributed by atoms with Crippen molar-refractivity contribution in [3.63, 3.8) is 0 Å². The Balaban J connectivity index is 1.33. The van der Waals surface area contributed by atoms with E-state index in [1.165, 1.54) is 17.0 Å². The number of hydrogen-bond acceptors (Lipinski definition) is 4. The lowest BCUT2D eigenvalue weighted by Gasteiger charge is -2.50. The molecule has 2 atom stereocenters. The summed E-state index contributed by atoms with van der Waals surface area (Å²) in [6, 6.07) is 16.7. The van der Waals surface area contributed by atoms with Crippen LogP contribution in [-0.4, -0.2) is 50.1 Å². The Kier molecular flexibility index (Phi) is 7.48. The maximum absolute atomic E-state index is 15.9. The van der Waals surface area contributed by atoms with E-state index in [0.717, 1.165) is 50.1 Å². The summed E-state index contributed by atoms with van der Waals surface area (Å²) in [6.45, 7) is 4.98. The van der Waals surface area contributed by atoms with E-state index < -0.39 is 30.6 Å². The number of benzene rings is 3. The molecule has 0 radical (unpaired) electrons. The van der Waals surface area contributed by atoms with Crippen molar-refractivity contribution in [1.82, 2.24) is 10.2 Å². The van der Waals surface area contributed by atoms with E-state index in [1.54, 1.807) is 12.1 Å². The largest absolute Gasteiger partial charge is 0.489 e. The van der Waals surface area contributed by atoms with Crippen molar-refractivity contribution < 1.29 is 22.3 Å². The molecule has 1 N–H and O–H groups in total. The molecule has 0 bridgehead atoms. The van der Waals surface area contributed by atoms with Crippen LogP contribution in [0.5, 0.6) is 5.75 Å². The molecular weight excluding hydrogens is 518 g/mol. The molecule has 6 rings (SSSR count). The quantitative estimate of drug-likeness (QED) is 0.346. The average molecular weight is 554 g/mol. The Bertz CT molecular complexity index is 1320. The first-order chi connectivity index (χ1) is 19.3. The maximum Gasteiger partial charge on any atom is 0.251 e. The summed E-state index contributed by atoms with van der Waals surface area (Å²) in [4.78, 5) is 3.60. The molecule has 0 saturated carbocycles. The lowest BCUT2D eigenvalue weighted by atomic mass is 9.75. The van der Waals surface area contributed by atoms with Crippen molar-refractivity contribution >= 4 is 5.69 Å². The standard InChI is InChI=1S/C32H35F4N3O/c1-21-12-23-13-25(40-17-22-6-3-2-4-7-22)8-9-26(23)31(39(21)16-29(35)36)30-27(33)14-24(15-28(30)34)38-11-5-10-32(20-38)18-37-19-32/h2-4,6-9,13-15,21,29,31,37H,5,10-12,16-20H2,1H3/t21-,31?/m1/s1. The molecule has 8 heteroatoms. The predicted molar refractivity (Wildman–Crippen MR) is 148 cm³/mol. The molecule has 3 heterocycles. The zero-order valence-electron chi connectivity index (χ0n) is 22.7. The van der Waals surface area contributed by atoms with Gasteiger partial charge in [-0.25, -0.2) is 17.6 Å². The first-order valence-electron chi connectivity index (χ1n) is 14.1.